The molecule has 0 aromatic heterocycles. The lowest BCUT2D eigenvalue weighted by Gasteiger charge is -2.42. The number of fused-ring (bicyclic) bond motifs is 3. The number of benzene rings is 1. The number of methoxy groups -OCH3 is 1. The van der Waals surface area contributed by atoms with Crippen LogP contribution in [0.5, 0.6) is 11.5 Å². The molecule has 5 rings (SSSR count). The molecule has 0 saturated carbocycles. The first kappa shape index (κ1) is 23.7. The second-order valence-electron chi connectivity index (χ2n) is 9.60. The molecule has 1 heterocycles. The Morgan fingerprint density at radius 3 is 2.58 bits per heavy atom. The summed E-state index contributed by atoms with van der Waals surface area (Å²) in [5.41, 5.74) is 1.94. The van der Waals surface area contributed by atoms with Crippen LogP contribution in [0.4, 0.5) is 0 Å². The zero-order valence-corrected chi connectivity index (χ0v) is 19.8. The molecule has 4 atom stereocenters. The highest BCUT2D eigenvalue weighted by Gasteiger charge is 2.56. The van der Waals surface area contributed by atoms with E-state index >= 15 is 0 Å². The third-order valence-corrected chi connectivity index (χ3v) is 7.76. The summed E-state index contributed by atoms with van der Waals surface area (Å²) in [4.78, 5) is 65.1. The number of para-hydroxylation sites is 1. The summed E-state index contributed by atoms with van der Waals surface area (Å²) < 4.78 is 5.27. The smallest absolute Gasteiger partial charge is 0.305 e. The number of carboxylic acids is 1. The van der Waals surface area contributed by atoms with Gasteiger partial charge in [0.2, 0.25) is 11.8 Å². The van der Waals surface area contributed by atoms with Crippen LogP contribution in [0.25, 0.3) is 0 Å². The minimum atomic E-state index is -1.11. The number of hydrogen-bond acceptors (Lipinski definition) is 7. The van der Waals surface area contributed by atoms with Gasteiger partial charge < -0.3 is 14.9 Å². The average Bonchev–Trinajstić information content (AvgIpc) is 3.09. The quantitative estimate of drug-likeness (QED) is 0.364. The number of ether oxygens (including phenoxy) is 1. The van der Waals surface area contributed by atoms with E-state index in [1.165, 1.54) is 13.2 Å². The second-order valence-corrected chi connectivity index (χ2v) is 9.60. The van der Waals surface area contributed by atoms with E-state index in [1.807, 2.05) is 6.08 Å². The van der Waals surface area contributed by atoms with Gasteiger partial charge in [0.15, 0.2) is 23.1 Å². The molecular formula is C27H25NO8. The van der Waals surface area contributed by atoms with Crippen LogP contribution < -0.4 is 4.74 Å². The normalized spacial score (nSPS) is 27.3. The van der Waals surface area contributed by atoms with E-state index in [9.17, 15) is 29.1 Å². The highest BCUT2D eigenvalue weighted by molar-refractivity contribution is 6.23. The maximum atomic E-state index is 13.4. The Morgan fingerprint density at radius 1 is 1.14 bits per heavy atom. The first-order chi connectivity index (χ1) is 17.1. The third kappa shape index (κ3) is 3.41. The van der Waals surface area contributed by atoms with Gasteiger partial charge in [0.25, 0.3) is 0 Å². The van der Waals surface area contributed by atoms with Gasteiger partial charge in [0.1, 0.15) is 0 Å². The van der Waals surface area contributed by atoms with E-state index in [-0.39, 0.29) is 54.4 Å². The number of rotatable bonds is 5. The number of likely N-dealkylation sites (tertiary alicyclic amines) is 1. The molecule has 0 bridgehead atoms. The van der Waals surface area contributed by atoms with Crippen molar-refractivity contribution >= 4 is 29.4 Å². The van der Waals surface area contributed by atoms with Gasteiger partial charge in [-0.2, -0.15) is 0 Å². The van der Waals surface area contributed by atoms with Crippen LogP contribution in [-0.2, 0) is 24.0 Å². The number of phenolic OH excluding ortho intramolecular Hbond substituents is 1. The van der Waals surface area contributed by atoms with E-state index in [0.717, 1.165) is 4.90 Å². The molecule has 1 aromatic rings. The van der Waals surface area contributed by atoms with Crippen LogP contribution in [0.1, 0.15) is 37.7 Å². The van der Waals surface area contributed by atoms with Gasteiger partial charge in [-0.05, 0) is 37.8 Å². The number of phenols is 1. The van der Waals surface area contributed by atoms with Crippen LogP contribution >= 0.6 is 0 Å². The predicted molar refractivity (Wildman–Crippen MR) is 125 cm³/mol. The maximum absolute atomic E-state index is 13.4. The monoisotopic (exact) mass is 491 g/mol. The molecule has 1 saturated heterocycles. The Kier molecular flexibility index (Phi) is 5.65. The molecule has 0 radical (unpaired) electrons. The number of aliphatic carboxylic acids is 1. The summed E-state index contributed by atoms with van der Waals surface area (Å²) in [5, 5.41) is 20.1. The summed E-state index contributed by atoms with van der Waals surface area (Å²) in [5.74, 6) is -5.32. The number of aromatic hydroxyl groups is 1. The van der Waals surface area contributed by atoms with Crippen molar-refractivity contribution in [3.8, 4) is 11.5 Å². The topological polar surface area (TPSA) is 138 Å². The van der Waals surface area contributed by atoms with Crippen LogP contribution in [-0.4, -0.2) is 58.1 Å². The molecule has 186 valence electrons. The Labute approximate surface area is 206 Å². The van der Waals surface area contributed by atoms with Crippen molar-refractivity contribution in [2.24, 2.45) is 17.8 Å². The Hall–Kier alpha value is -4.01. The van der Waals surface area contributed by atoms with Crippen molar-refractivity contribution in [3.05, 3.63) is 58.2 Å². The SMILES string of the molecule is COc1cccc(C2C3=CCC4C(=O)N(CCC(=O)O)C(=O)C4C3CC3=C2C(=O)C=C(C)C3=O)c1O. The van der Waals surface area contributed by atoms with Gasteiger partial charge >= 0.3 is 5.97 Å². The van der Waals surface area contributed by atoms with E-state index in [0.29, 0.717) is 22.3 Å². The van der Waals surface area contributed by atoms with Gasteiger partial charge in [0.05, 0.1) is 25.4 Å². The second kappa shape index (κ2) is 8.58. The summed E-state index contributed by atoms with van der Waals surface area (Å²) in [6, 6.07) is 4.92. The maximum Gasteiger partial charge on any atom is 0.305 e. The lowest BCUT2D eigenvalue weighted by Crippen LogP contribution is -2.40. The number of ketones is 2. The summed E-state index contributed by atoms with van der Waals surface area (Å²) in [6.07, 6.45) is 3.15. The zero-order valence-electron chi connectivity index (χ0n) is 19.8. The molecule has 2 N–H and O–H groups in total. The van der Waals surface area contributed by atoms with E-state index in [1.54, 1.807) is 25.1 Å². The largest absolute Gasteiger partial charge is 0.504 e. The van der Waals surface area contributed by atoms with Gasteiger partial charge in [-0.25, -0.2) is 0 Å². The fourth-order valence-corrected chi connectivity index (χ4v) is 6.17. The predicted octanol–water partition coefficient (Wildman–Crippen LogP) is 2.31. The summed E-state index contributed by atoms with van der Waals surface area (Å²) >= 11 is 0. The van der Waals surface area contributed by atoms with Crippen LogP contribution in [0.3, 0.4) is 0 Å². The molecule has 4 unspecified atom stereocenters. The highest BCUT2D eigenvalue weighted by atomic mass is 16.5. The number of allylic oxidation sites excluding steroid dienone is 6. The summed E-state index contributed by atoms with van der Waals surface area (Å²) in [7, 11) is 1.41. The van der Waals surface area contributed by atoms with E-state index in [2.05, 4.69) is 0 Å². The molecule has 36 heavy (non-hydrogen) atoms. The Balaban J connectivity index is 1.65. The van der Waals surface area contributed by atoms with Gasteiger partial charge in [-0.3, -0.25) is 28.9 Å². The minimum Gasteiger partial charge on any atom is -0.504 e. The standard InChI is InChI=1S/C27H25NO8/c1-12-10-18(29)23-17(24(12)32)11-16-13(21(23)14-4-3-5-19(36-2)25(14)33)6-7-15-22(16)27(35)28(26(15)34)9-8-20(30)31/h3-6,10,15-16,21-22,33H,7-9,11H2,1-2H3,(H,30,31). The molecule has 4 aliphatic rings. The van der Waals surface area contributed by atoms with Crippen molar-refractivity contribution in [3.63, 3.8) is 0 Å². The molecule has 1 fully saturated rings. The van der Waals surface area contributed by atoms with Gasteiger partial charge in [-0.15, -0.1) is 0 Å². The molecule has 3 aliphatic carbocycles. The molecule has 2 amide bonds. The number of imide groups is 1. The first-order valence-electron chi connectivity index (χ1n) is 11.8. The van der Waals surface area contributed by atoms with Crippen molar-refractivity contribution in [2.45, 2.75) is 32.1 Å². The van der Waals surface area contributed by atoms with Gasteiger partial charge in [0, 0.05) is 34.7 Å². The lowest BCUT2D eigenvalue weighted by molar-refractivity contribution is -0.142. The van der Waals surface area contributed by atoms with Crippen LogP contribution in [0, 0.1) is 17.8 Å². The molecule has 0 spiro atoms. The fourth-order valence-electron chi connectivity index (χ4n) is 6.17. The van der Waals surface area contributed by atoms with Crippen molar-refractivity contribution in [1.82, 2.24) is 4.90 Å². The zero-order chi connectivity index (χ0) is 25.9. The summed E-state index contributed by atoms with van der Waals surface area (Å²) in [6.45, 7) is 1.35. The average molecular weight is 491 g/mol. The lowest BCUT2D eigenvalue weighted by atomic mass is 9.59. The van der Waals surface area contributed by atoms with Crippen molar-refractivity contribution < 1.29 is 38.9 Å². The number of amides is 2. The molecule has 1 aliphatic heterocycles. The van der Waals surface area contributed by atoms with Crippen molar-refractivity contribution in [1.29, 1.82) is 0 Å². The Bertz CT molecular complexity index is 1330. The molecule has 1 aromatic carbocycles. The number of Topliss-reactive ketones (excluding diaryl/α,β-unsaturated/α-hetero) is 1. The third-order valence-electron chi connectivity index (χ3n) is 7.76. The highest BCUT2D eigenvalue weighted by Crippen LogP contribution is 2.56. The van der Waals surface area contributed by atoms with E-state index in [4.69, 9.17) is 9.84 Å². The number of nitrogens with zero attached hydrogens (tertiary/aromatic N) is 1. The number of carbonyl (C=O) groups excluding carboxylic acids is 4. The van der Waals surface area contributed by atoms with Crippen LogP contribution in [0.15, 0.2) is 52.6 Å². The molecular weight excluding hydrogens is 466 g/mol. The van der Waals surface area contributed by atoms with E-state index < -0.39 is 41.5 Å². The van der Waals surface area contributed by atoms with Crippen molar-refractivity contribution in [2.75, 3.05) is 13.7 Å². The Morgan fingerprint density at radius 2 is 1.89 bits per heavy atom. The van der Waals surface area contributed by atoms with Crippen LogP contribution in [0.2, 0.25) is 0 Å². The fraction of sp³-hybridized carbons (Fsp3) is 0.370. The molecule has 9 heteroatoms. The number of carbonyl (C=O) groups is 5. The minimum absolute atomic E-state index is 0.116. The number of hydrogen-bond donors (Lipinski definition) is 2. The molecule has 9 nitrogen and oxygen atoms in total. The first-order valence-corrected chi connectivity index (χ1v) is 11.8. The van der Waals surface area contributed by atoms with Gasteiger partial charge in [-0.1, -0.05) is 23.8 Å². The number of carboxylic acid groups (broad SMARTS) is 1.